The number of rotatable bonds is 4. The van der Waals surface area contributed by atoms with Gasteiger partial charge in [0.1, 0.15) is 5.75 Å². The summed E-state index contributed by atoms with van der Waals surface area (Å²) in [5, 5.41) is 0. The van der Waals surface area contributed by atoms with Crippen molar-refractivity contribution >= 4 is 5.78 Å². The van der Waals surface area contributed by atoms with E-state index in [0.717, 1.165) is 36.1 Å². The lowest BCUT2D eigenvalue weighted by atomic mass is 9.90. The normalized spacial score (nSPS) is 14.4. The first kappa shape index (κ1) is 10.9. The van der Waals surface area contributed by atoms with E-state index < -0.39 is 0 Å². The highest BCUT2D eigenvalue weighted by Gasteiger charge is 2.17. The van der Waals surface area contributed by atoms with Crippen LogP contribution in [-0.2, 0) is 6.42 Å². The molecule has 84 valence electrons. The van der Waals surface area contributed by atoms with E-state index >= 15 is 0 Å². The van der Waals surface area contributed by atoms with Gasteiger partial charge in [0, 0.05) is 12.0 Å². The van der Waals surface area contributed by atoms with Crippen LogP contribution in [-0.4, -0.2) is 12.4 Å². The third-order valence-electron chi connectivity index (χ3n) is 2.82. The Hall–Kier alpha value is -1.57. The number of ketones is 1. The fraction of sp³-hybridized carbons (Fsp3) is 0.357. The van der Waals surface area contributed by atoms with E-state index in [1.54, 1.807) is 0 Å². The van der Waals surface area contributed by atoms with Crippen molar-refractivity contribution < 1.29 is 9.53 Å². The molecular formula is C14H16O2. The Labute approximate surface area is 95.9 Å². The molecule has 0 amide bonds. The maximum Gasteiger partial charge on any atom is 0.163 e. The van der Waals surface area contributed by atoms with Crippen LogP contribution in [0.15, 0.2) is 30.9 Å². The molecule has 0 radical (unpaired) electrons. The number of fused-ring (bicyclic) bond motifs is 1. The van der Waals surface area contributed by atoms with Gasteiger partial charge in [-0.15, -0.1) is 6.58 Å². The summed E-state index contributed by atoms with van der Waals surface area (Å²) in [5.74, 6) is 1.03. The smallest absolute Gasteiger partial charge is 0.163 e. The lowest BCUT2D eigenvalue weighted by Gasteiger charge is -2.15. The molecule has 0 aromatic heterocycles. The molecule has 1 aliphatic rings. The summed E-state index contributed by atoms with van der Waals surface area (Å²) in [4.78, 5) is 11.7. The van der Waals surface area contributed by atoms with Gasteiger partial charge in [0.15, 0.2) is 5.78 Å². The average molecular weight is 216 g/mol. The zero-order valence-electron chi connectivity index (χ0n) is 9.37. The van der Waals surface area contributed by atoms with Crippen molar-refractivity contribution in [1.82, 2.24) is 0 Å². The maximum atomic E-state index is 11.7. The minimum atomic E-state index is 0.246. The van der Waals surface area contributed by atoms with Crippen molar-refractivity contribution in [2.75, 3.05) is 6.61 Å². The van der Waals surface area contributed by atoms with E-state index in [2.05, 4.69) is 6.58 Å². The van der Waals surface area contributed by atoms with Crippen LogP contribution in [0.5, 0.6) is 5.75 Å². The molecule has 0 atom stereocenters. The molecule has 0 saturated carbocycles. The van der Waals surface area contributed by atoms with E-state index in [4.69, 9.17) is 4.74 Å². The molecule has 2 nitrogen and oxygen atoms in total. The average Bonchev–Trinajstić information content (AvgIpc) is 2.30. The molecule has 2 rings (SSSR count). The van der Waals surface area contributed by atoms with Gasteiger partial charge >= 0.3 is 0 Å². The van der Waals surface area contributed by atoms with Crippen LogP contribution in [0, 0.1) is 0 Å². The summed E-state index contributed by atoms with van der Waals surface area (Å²) in [5.41, 5.74) is 2.01. The Morgan fingerprint density at radius 1 is 1.38 bits per heavy atom. The van der Waals surface area contributed by atoms with Crippen molar-refractivity contribution in [2.45, 2.75) is 25.7 Å². The van der Waals surface area contributed by atoms with Gasteiger partial charge < -0.3 is 4.74 Å². The molecule has 2 heteroatoms. The summed E-state index contributed by atoms with van der Waals surface area (Å²) < 4.78 is 5.54. The molecule has 0 unspecified atom stereocenters. The van der Waals surface area contributed by atoms with Gasteiger partial charge in [-0.25, -0.2) is 0 Å². The summed E-state index contributed by atoms with van der Waals surface area (Å²) >= 11 is 0. The zero-order valence-corrected chi connectivity index (χ0v) is 9.37. The monoisotopic (exact) mass is 216 g/mol. The van der Waals surface area contributed by atoms with Gasteiger partial charge in [-0.2, -0.15) is 0 Å². The van der Waals surface area contributed by atoms with E-state index in [0.29, 0.717) is 13.0 Å². The Morgan fingerprint density at radius 3 is 3.06 bits per heavy atom. The topological polar surface area (TPSA) is 26.3 Å². The molecule has 1 aromatic rings. The first-order valence-electron chi connectivity index (χ1n) is 5.71. The predicted octanol–water partition coefficient (Wildman–Crippen LogP) is 3.16. The van der Waals surface area contributed by atoms with Gasteiger partial charge in [-0.3, -0.25) is 4.79 Å². The molecule has 0 spiro atoms. The number of ether oxygens (including phenoxy) is 1. The Bertz CT molecular complexity index is 407. The van der Waals surface area contributed by atoms with Crippen LogP contribution in [0.4, 0.5) is 0 Å². The molecule has 1 aromatic carbocycles. The summed E-state index contributed by atoms with van der Waals surface area (Å²) in [6, 6.07) is 5.83. The van der Waals surface area contributed by atoms with Gasteiger partial charge in [0.2, 0.25) is 0 Å². The second kappa shape index (κ2) is 4.97. The number of carbonyl (C=O) groups excluding carboxylic acids is 1. The molecule has 0 heterocycles. The molecular weight excluding hydrogens is 200 g/mol. The number of aryl methyl sites for hydroxylation is 1. The molecule has 16 heavy (non-hydrogen) atoms. The van der Waals surface area contributed by atoms with E-state index in [-0.39, 0.29) is 5.78 Å². The quantitative estimate of drug-likeness (QED) is 0.571. The van der Waals surface area contributed by atoms with Crippen molar-refractivity contribution in [2.24, 2.45) is 0 Å². The Kier molecular flexibility index (Phi) is 3.40. The Balaban J connectivity index is 2.14. The lowest BCUT2D eigenvalue weighted by molar-refractivity contribution is 0.0972. The molecule has 0 saturated heterocycles. The van der Waals surface area contributed by atoms with Crippen LogP contribution >= 0.6 is 0 Å². The number of hydrogen-bond donors (Lipinski definition) is 0. The lowest BCUT2D eigenvalue weighted by Crippen LogP contribution is -2.10. The van der Waals surface area contributed by atoms with E-state index in [1.807, 2.05) is 24.3 Å². The third-order valence-corrected chi connectivity index (χ3v) is 2.82. The van der Waals surface area contributed by atoms with Crippen LogP contribution in [0.3, 0.4) is 0 Å². The standard InChI is InChI=1S/C14H16O2/c1-2-3-9-16-12-8-7-11-5-4-6-14(15)13(11)10-12/h2,7-8,10H,1,3-6,9H2. The fourth-order valence-electron chi connectivity index (χ4n) is 1.96. The summed E-state index contributed by atoms with van der Waals surface area (Å²) in [7, 11) is 0. The number of hydrogen-bond acceptors (Lipinski definition) is 2. The summed E-state index contributed by atoms with van der Waals surface area (Å²) in [6.45, 7) is 4.26. The van der Waals surface area contributed by atoms with E-state index in [9.17, 15) is 4.79 Å². The molecule has 1 aliphatic carbocycles. The second-order valence-corrected chi connectivity index (χ2v) is 4.02. The van der Waals surface area contributed by atoms with Crippen molar-refractivity contribution in [3.8, 4) is 5.75 Å². The third kappa shape index (κ3) is 2.32. The van der Waals surface area contributed by atoms with Gasteiger partial charge in [-0.05, 0) is 37.0 Å². The highest BCUT2D eigenvalue weighted by molar-refractivity contribution is 5.98. The van der Waals surface area contributed by atoms with Crippen LogP contribution in [0.25, 0.3) is 0 Å². The zero-order chi connectivity index (χ0) is 11.4. The number of carbonyl (C=O) groups is 1. The van der Waals surface area contributed by atoms with Crippen molar-refractivity contribution in [3.63, 3.8) is 0 Å². The Morgan fingerprint density at radius 2 is 2.25 bits per heavy atom. The highest BCUT2D eigenvalue weighted by Crippen LogP contribution is 2.25. The highest BCUT2D eigenvalue weighted by atomic mass is 16.5. The first-order chi connectivity index (χ1) is 7.81. The summed E-state index contributed by atoms with van der Waals surface area (Å²) in [6.07, 6.45) is 5.30. The second-order valence-electron chi connectivity index (χ2n) is 4.02. The molecule has 0 N–H and O–H groups in total. The van der Waals surface area contributed by atoms with Gasteiger partial charge in [0.05, 0.1) is 6.61 Å². The van der Waals surface area contributed by atoms with Crippen molar-refractivity contribution in [1.29, 1.82) is 0 Å². The van der Waals surface area contributed by atoms with Crippen LogP contribution in [0.2, 0.25) is 0 Å². The first-order valence-corrected chi connectivity index (χ1v) is 5.71. The molecule has 0 fully saturated rings. The SMILES string of the molecule is C=CCCOc1ccc2c(c1)C(=O)CCC2. The van der Waals surface area contributed by atoms with Crippen LogP contribution < -0.4 is 4.74 Å². The largest absolute Gasteiger partial charge is 0.493 e. The predicted molar refractivity (Wildman–Crippen MR) is 64.0 cm³/mol. The van der Waals surface area contributed by atoms with Crippen molar-refractivity contribution in [3.05, 3.63) is 42.0 Å². The number of benzene rings is 1. The fourth-order valence-corrected chi connectivity index (χ4v) is 1.96. The number of Topliss-reactive ketones (excluding diaryl/α,β-unsaturated/α-hetero) is 1. The minimum absolute atomic E-state index is 0.246. The van der Waals surface area contributed by atoms with E-state index in [1.165, 1.54) is 0 Å². The van der Waals surface area contributed by atoms with Gasteiger partial charge in [-0.1, -0.05) is 12.1 Å². The van der Waals surface area contributed by atoms with Crippen LogP contribution in [0.1, 0.15) is 35.2 Å². The molecule has 0 aliphatic heterocycles. The minimum Gasteiger partial charge on any atom is -0.493 e. The van der Waals surface area contributed by atoms with Gasteiger partial charge in [0.25, 0.3) is 0 Å². The maximum absolute atomic E-state index is 11.7. The molecule has 0 bridgehead atoms.